The topological polar surface area (TPSA) is 71.1 Å². The molecule has 2 rings (SSSR count). The number of nitrogens with one attached hydrogen (secondary N) is 2. The largest absolute Gasteiger partial charge is 0.273 e. The van der Waals surface area contributed by atoms with E-state index in [0.717, 1.165) is 0 Å². The molecule has 0 aliphatic heterocycles. The normalized spacial score (nSPS) is 10.1. The maximum absolute atomic E-state index is 12.8. The number of pyridine rings is 1. The van der Waals surface area contributed by atoms with Crippen molar-refractivity contribution in [2.75, 3.05) is 6.26 Å². The van der Waals surface area contributed by atoms with Crippen molar-refractivity contribution in [3.63, 3.8) is 0 Å². The molecule has 1 aromatic heterocycles. The van der Waals surface area contributed by atoms with Crippen LogP contribution in [0.2, 0.25) is 0 Å². The average molecular weight is 319 g/mol. The molecule has 2 N–H and O–H groups in total. The molecule has 0 atom stereocenters. The lowest BCUT2D eigenvalue weighted by atomic mass is 10.1. The van der Waals surface area contributed by atoms with Gasteiger partial charge in [-0.05, 0) is 36.1 Å². The third-order valence-electron chi connectivity index (χ3n) is 2.80. The Morgan fingerprint density at radius 2 is 1.91 bits per heavy atom. The first kappa shape index (κ1) is 16.0. The standard InChI is InChI=1S/C15H14FN3O2S/c1-22-15-12(3-2-8-17-15)14(21)19-18-13(20)9-10-4-6-11(16)7-5-10/h2-8H,9H2,1H3,(H,18,20)(H,19,21). The Labute approximate surface area is 131 Å². The number of benzene rings is 1. The van der Waals surface area contributed by atoms with Gasteiger partial charge in [-0.15, -0.1) is 11.8 Å². The van der Waals surface area contributed by atoms with Gasteiger partial charge in [0.05, 0.1) is 12.0 Å². The van der Waals surface area contributed by atoms with Crippen LogP contribution in [0.15, 0.2) is 47.6 Å². The van der Waals surface area contributed by atoms with E-state index in [-0.39, 0.29) is 12.2 Å². The molecule has 1 heterocycles. The molecule has 0 fully saturated rings. The lowest BCUT2D eigenvalue weighted by Crippen LogP contribution is -2.42. The zero-order valence-corrected chi connectivity index (χ0v) is 12.6. The molecule has 0 aliphatic carbocycles. The number of aromatic nitrogens is 1. The highest BCUT2D eigenvalue weighted by Crippen LogP contribution is 2.16. The minimum Gasteiger partial charge on any atom is -0.273 e. The van der Waals surface area contributed by atoms with Crippen molar-refractivity contribution < 1.29 is 14.0 Å². The molecule has 0 radical (unpaired) electrons. The molecule has 0 saturated heterocycles. The molecule has 1 aromatic carbocycles. The van der Waals surface area contributed by atoms with Gasteiger partial charge in [-0.3, -0.25) is 20.4 Å². The molecule has 5 nitrogen and oxygen atoms in total. The summed E-state index contributed by atoms with van der Waals surface area (Å²) in [6, 6.07) is 8.87. The first-order valence-corrected chi connectivity index (χ1v) is 7.65. The summed E-state index contributed by atoms with van der Waals surface area (Å²) in [4.78, 5) is 27.8. The Kier molecular flexibility index (Phi) is 5.48. The fourth-order valence-corrected chi connectivity index (χ4v) is 2.30. The summed E-state index contributed by atoms with van der Waals surface area (Å²) >= 11 is 1.34. The third kappa shape index (κ3) is 4.29. The van der Waals surface area contributed by atoms with Gasteiger partial charge in [0, 0.05) is 6.20 Å². The summed E-state index contributed by atoms with van der Waals surface area (Å²) in [6.45, 7) is 0. The highest BCUT2D eigenvalue weighted by molar-refractivity contribution is 7.98. The summed E-state index contributed by atoms with van der Waals surface area (Å²) in [7, 11) is 0. The Bertz CT molecular complexity index is 677. The number of carbonyl (C=O) groups excluding carboxylic acids is 2. The second kappa shape index (κ2) is 7.56. The first-order chi connectivity index (χ1) is 10.6. The highest BCUT2D eigenvalue weighted by atomic mass is 32.2. The van der Waals surface area contributed by atoms with Gasteiger partial charge in [-0.2, -0.15) is 0 Å². The number of hydrazine groups is 1. The Morgan fingerprint density at radius 1 is 1.18 bits per heavy atom. The second-order valence-electron chi connectivity index (χ2n) is 4.37. The maximum Gasteiger partial charge on any atom is 0.272 e. The van der Waals surface area contributed by atoms with Gasteiger partial charge in [0.2, 0.25) is 5.91 Å². The number of hydrogen-bond acceptors (Lipinski definition) is 4. The van der Waals surface area contributed by atoms with E-state index in [9.17, 15) is 14.0 Å². The van der Waals surface area contributed by atoms with E-state index in [2.05, 4.69) is 15.8 Å². The van der Waals surface area contributed by atoms with E-state index >= 15 is 0 Å². The first-order valence-electron chi connectivity index (χ1n) is 6.43. The maximum atomic E-state index is 12.8. The van der Waals surface area contributed by atoms with E-state index in [4.69, 9.17) is 0 Å². The zero-order valence-electron chi connectivity index (χ0n) is 11.8. The summed E-state index contributed by atoms with van der Waals surface area (Å²) in [6.07, 6.45) is 3.45. The van der Waals surface area contributed by atoms with Crippen LogP contribution >= 0.6 is 11.8 Å². The third-order valence-corrected chi connectivity index (χ3v) is 3.51. The van der Waals surface area contributed by atoms with Crippen LogP contribution in [0.5, 0.6) is 0 Å². The monoisotopic (exact) mass is 319 g/mol. The van der Waals surface area contributed by atoms with E-state index in [0.29, 0.717) is 16.2 Å². The van der Waals surface area contributed by atoms with E-state index in [1.54, 1.807) is 18.3 Å². The van der Waals surface area contributed by atoms with Crippen molar-refractivity contribution in [1.29, 1.82) is 0 Å². The van der Waals surface area contributed by atoms with Crippen LogP contribution in [0.1, 0.15) is 15.9 Å². The van der Waals surface area contributed by atoms with Crippen molar-refractivity contribution in [3.8, 4) is 0 Å². The van der Waals surface area contributed by atoms with Gasteiger partial charge in [0.15, 0.2) is 0 Å². The predicted molar refractivity (Wildman–Crippen MR) is 81.7 cm³/mol. The molecule has 0 bridgehead atoms. The SMILES string of the molecule is CSc1ncccc1C(=O)NNC(=O)Cc1ccc(F)cc1. The van der Waals surface area contributed by atoms with Crippen molar-refractivity contribution in [2.24, 2.45) is 0 Å². The highest BCUT2D eigenvalue weighted by Gasteiger charge is 2.12. The molecule has 7 heteroatoms. The molecule has 2 aromatic rings. The van der Waals surface area contributed by atoms with Crippen LogP contribution in [0.25, 0.3) is 0 Å². The van der Waals surface area contributed by atoms with Crippen LogP contribution in [-0.2, 0) is 11.2 Å². The Hall–Kier alpha value is -2.41. The van der Waals surface area contributed by atoms with E-state index in [1.165, 1.54) is 36.0 Å². The van der Waals surface area contributed by atoms with Gasteiger partial charge >= 0.3 is 0 Å². The second-order valence-corrected chi connectivity index (χ2v) is 5.16. The number of rotatable bonds is 4. The van der Waals surface area contributed by atoms with Crippen molar-refractivity contribution in [1.82, 2.24) is 15.8 Å². The molecule has 0 spiro atoms. The van der Waals surface area contributed by atoms with E-state index < -0.39 is 11.8 Å². The van der Waals surface area contributed by atoms with Gasteiger partial charge in [-0.25, -0.2) is 9.37 Å². The molecule has 2 amide bonds. The number of carbonyl (C=O) groups is 2. The zero-order chi connectivity index (χ0) is 15.9. The molecule has 114 valence electrons. The van der Waals surface area contributed by atoms with Crippen LogP contribution in [-0.4, -0.2) is 23.1 Å². The number of thioether (sulfide) groups is 1. The Morgan fingerprint density at radius 3 is 2.59 bits per heavy atom. The fourth-order valence-electron chi connectivity index (χ4n) is 1.75. The molecule has 22 heavy (non-hydrogen) atoms. The molecular weight excluding hydrogens is 305 g/mol. The number of nitrogens with zero attached hydrogens (tertiary/aromatic N) is 1. The minimum absolute atomic E-state index is 0.0446. The average Bonchev–Trinajstić information content (AvgIpc) is 2.54. The molecule has 0 saturated carbocycles. The van der Waals surface area contributed by atoms with Crippen LogP contribution in [0, 0.1) is 5.82 Å². The van der Waals surface area contributed by atoms with Crippen LogP contribution < -0.4 is 10.9 Å². The molecule has 0 unspecified atom stereocenters. The van der Waals surface area contributed by atoms with Gasteiger partial charge in [-0.1, -0.05) is 12.1 Å². The summed E-state index contributed by atoms with van der Waals surface area (Å²) < 4.78 is 12.8. The van der Waals surface area contributed by atoms with Crippen molar-refractivity contribution in [3.05, 3.63) is 59.5 Å². The summed E-state index contributed by atoms with van der Waals surface area (Å²) in [5.41, 5.74) is 5.70. The minimum atomic E-state index is -0.440. The number of hydrogen-bond donors (Lipinski definition) is 2. The lowest BCUT2D eigenvalue weighted by molar-refractivity contribution is -0.121. The predicted octanol–water partition coefficient (Wildman–Crippen LogP) is 1.95. The fraction of sp³-hybridized carbons (Fsp3) is 0.133. The van der Waals surface area contributed by atoms with E-state index in [1.807, 2.05) is 6.26 Å². The summed E-state index contributed by atoms with van der Waals surface area (Å²) in [5, 5.41) is 0.577. The van der Waals surface area contributed by atoms with Gasteiger partial charge < -0.3 is 0 Å². The van der Waals surface area contributed by atoms with Crippen molar-refractivity contribution in [2.45, 2.75) is 11.4 Å². The molecule has 0 aliphatic rings. The van der Waals surface area contributed by atoms with Crippen molar-refractivity contribution >= 4 is 23.6 Å². The van der Waals surface area contributed by atoms with Crippen LogP contribution in [0.4, 0.5) is 4.39 Å². The quantitative estimate of drug-likeness (QED) is 0.667. The number of halogens is 1. The number of amides is 2. The summed E-state index contributed by atoms with van der Waals surface area (Å²) in [5.74, 6) is -1.20. The van der Waals surface area contributed by atoms with Gasteiger partial charge in [0.25, 0.3) is 5.91 Å². The molecular formula is C15H14FN3O2S. The van der Waals surface area contributed by atoms with Gasteiger partial charge in [0.1, 0.15) is 10.8 Å². The lowest BCUT2D eigenvalue weighted by Gasteiger charge is -2.09. The Balaban J connectivity index is 1.90. The smallest absolute Gasteiger partial charge is 0.272 e. The van der Waals surface area contributed by atoms with Crippen LogP contribution in [0.3, 0.4) is 0 Å².